The number of halogens is 2. The van der Waals surface area contributed by atoms with Crippen LogP contribution in [-0.2, 0) is 0 Å². The van der Waals surface area contributed by atoms with Crippen LogP contribution in [0.4, 0.5) is 0 Å². The van der Waals surface area contributed by atoms with Crippen LogP contribution in [0.5, 0.6) is 0 Å². The fourth-order valence-electron chi connectivity index (χ4n) is 1.22. The van der Waals surface area contributed by atoms with Crippen LogP contribution in [-0.4, -0.2) is 18.5 Å². The first-order valence-corrected chi connectivity index (χ1v) is 4.43. The van der Waals surface area contributed by atoms with Crippen molar-refractivity contribution in [2.45, 2.75) is 25.3 Å². The Morgan fingerprint density at radius 2 is 2.36 bits per heavy atom. The van der Waals surface area contributed by atoms with Crippen LogP contribution in [0, 0.1) is 0 Å². The summed E-state index contributed by atoms with van der Waals surface area (Å²) in [6.45, 7) is 0.927. The average molecular weight is 196 g/mol. The van der Waals surface area contributed by atoms with Gasteiger partial charge in [-0.1, -0.05) is 12.2 Å². The molecule has 0 saturated heterocycles. The molecule has 0 fully saturated rings. The molecule has 1 aliphatic carbocycles. The van der Waals surface area contributed by atoms with Crippen molar-refractivity contribution in [3.8, 4) is 0 Å². The van der Waals surface area contributed by atoms with E-state index < -0.39 is 0 Å². The van der Waals surface area contributed by atoms with E-state index in [2.05, 4.69) is 17.5 Å². The van der Waals surface area contributed by atoms with Gasteiger partial charge in [0.05, 0.1) is 0 Å². The summed E-state index contributed by atoms with van der Waals surface area (Å²) in [6, 6.07) is 0.590. The van der Waals surface area contributed by atoms with Crippen molar-refractivity contribution >= 4 is 24.0 Å². The minimum atomic E-state index is 0. The highest BCUT2D eigenvalue weighted by Gasteiger charge is 2.05. The van der Waals surface area contributed by atoms with Gasteiger partial charge >= 0.3 is 0 Å². The minimum Gasteiger partial charge on any atom is -0.309 e. The molecule has 1 atom stereocenters. The highest BCUT2D eigenvalue weighted by molar-refractivity contribution is 6.18. The zero-order valence-electron chi connectivity index (χ0n) is 6.55. The smallest absolute Gasteiger partial charge is 0.0348 e. The maximum absolute atomic E-state index is 5.53. The van der Waals surface area contributed by atoms with Crippen LogP contribution in [0.15, 0.2) is 12.2 Å². The number of hydrogen-bond donors (Lipinski definition) is 1. The Morgan fingerprint density at radius 1 is 1.55 bits per heavy atom. The van der Waals surface area contributed by atoms with Gasteiger partial charge < -0.3 is 5.32 Å². The number of alkyl halides is 1. The van der Waals surface area contributed by atoms with Gasteiger partial charge in [0.15, 0.2) is 0 Å². The van der Waals surface area contributed by atoms with Crippen LogP contribution >= 0.6 is 24.0 Å². The highest BCUT2D eigenvalue weighted by atomic mass is 35.5. The lowest BCUT2D eigenvalue weighted by molar-refractivity contribution is 0.538. The molecule has 11 heavy (non-hydrogen) atoms. The van der Waals surface area contributed by atoms with Crippen molar-refractivity contribution in [2.24, 2.45) is 0 Å². The fourth-order valence-corrected chi connectivity index (χ4v) is 1.33. The molecule has 0 heterocycles. The SMILES string of the molecule is Cl.ClCCNC1C=CCCC1. The van der Waals surface area contributed by atoms with Crippen molar-refractivity contribution in [1.29, 1.82) is 0 Å². The first kappa shape index (κ1) is 11.3. The lowest BCUT2D eigenvalue weighted by Gasteiger charge is -2.16. The molecule has 66 valence electrons. The minimum absolute atomic E-state index is 0. The third-order valence-corrected chi connectivity index (χ3v) is 1.94. The van der Waals surface area contributed by atoms with E-state index in [1.54, 1.807) is 0 Å². The standard InChI is InChI=1S/C8H14ClN.ClH/c9-6-7-10-8-4-2-1-3-5-8;/h2,4,8,10H,1,3,5-7H2;1H. The molecule has 0 amide bonds. The second kappa shape index (κ2) is 6.96. The normalized spacial score (nSPS) is 22.8. The molecule has 0 spiro atoms. The molecule has 1 aliphatic rings. The molecule has 0 aromatic carbocycles. The van der Waals surface area contributed by atoms with Crippen molar-refractivity contribution < 1.29 is 0 Å². The highest BCUT2D eigenvalue weighted by Crippen LogP contribution is 2.09. The summed E-state index contributed by atoms with van der Waals surface area (Å²) in [5.41, 5.74) is 0. The van der Waals surface area contributed by atoms with E-state index in [9.17, 15) is 0 Å². The van der Waals surface area contributed by atoms with E-state index in [0.29, 0.717) is 11.9 Å². The topological polar surface area (TPSA) is 12.0 Å². The number of hydrogen-bond acceptors (Lipinski definition) is 1. The van der Waals surface area contributed by atoms with Gasteiger partial charge in [-0.05, 0) is 19.3 Å². The van der Waals surface area contributed by atoms with Crippen LogP contribution in [0.2, 0.25) is 0 Å². The molecule has 3 heteroatoms. The lowest BCUT2D eigenvalue weighted by atomic mass is 10.0. The predicted molar refractivity (Wildman–Crippen MR) is 52.7 cm³/mol. The summed E-state index contributed by atoms with van der Waals surface area (Å²) in [5, 5.41) is 3.35. The van der Waals surface area contributed by atoms with Gasteiger partial charge in [0.2, 0.25) is 0 Å². The number of allylic oxidation sites excluding steroid dienone is 1. The molecule has 0 bridgehead atoms. The van der Waals surface area contributed by atoms with Crippen molar-refractivity contribution in [3.05, 3.63) is 12.2 Å². The largest absolute Gasteiger partial charge is 0.309 e. The molecule has 0 aromatic heterocycles. The Hall–Kier alpha value is 0.280. The molecule has 0 radical (unpaired) electrons. The summed E-state index contributed by atoms with van der Waals surface area (Å²) in [7, 11) is 0. The van der Waals surface area contributed by atoms with E-state index in [4.69, 9.17) is 11.6 Å². The summed E-state index contributed by atoms with van der Waals surface area (Å²) >= 11 is 5.53. The molecule has 0 aliphatic heterocycles. The Morgan fingerprint density at radius 3 is 2.91 bits per heavy atom. The predicted octanol–water partition coefficient (Wildman–Crippen LogP) is 2.35. The molecule has 1 N–H and O–H groups in total. The monoisotopic (exact) mass is 195 g/mol. The molecule has 1 nitrogen and oxygen atoms in total. The third kappa shape index (κ3) is 4.67. The Bertz CT molecular complexity index is 115. The maximum atomic E-state index is 5.53. The van der Waals surface area contributed by atoms with Gasteiger partial charge in [-0.2, -0.15) is 0 Å². The van der Waals surface area contributed by atoms with Crippen LogP contribution < -0.4 is 5.32 Å². The van der Waals surface area contributed by atoms with Gasteiger partial charge in [0, 0.05) is 18.5 Å². The van der Waals surface area contributed by atoms with Crippen molar-refractivity contribution in [3.63, 3.8) is 0 Å². The van der Waals surface area contributed by atoms with Gasteiger partial charge in [-0.15, -0.1) is 24.0 Å². The molecule has 1 rings (SSSR count). The maximum Gasteiger partial charge on any atom is 0.0348 e. The van der Waals surface area contributed by atoms with Gasteiger partial charge in [-0.3, -0.25) is 0 Å². The van der Waals surface area contributed by atoms with E-state index in [1.165, 1.54) is 19.3 Å². The van der Waals surface area contributed by atoms with E-state index in [-0.39, 0.29) is 12.4 Å². The zero-order valence-corrected chi connectivity index (χ0v) is 8.13. The average Bonchev–Trinajstić information content (AvgIpc) is 2.03. The molecule has 0 saturated carbocycles. The van der Waals surface area contributed by atoms with Crippen LogP contribution in [0.1, 0.15) is 19.3 Å². The second-order valence-electron chi connectivity index (χ2n) is 2.61. The van der Waals surface area contributed by atoms with Gasteiger partial charge in [0.1, 0.15) is 0 Å². The molecule has 0 aromatic rings. The number of nitrogens with one attached hydrogen (secondary N) is 1. The third-order valence-electron chi connectivity index (χ3n) is 1.76. The van der Waals surface area contributed by atoms with Crippen LogP contribution in [0.3, 0.4) is 0 Å². The quantitative estimate of drug-likeness (QED) is 0.539. The number of rotatable bonds is 3. The molecular weight excluding hydrogens is 181 g/mol. The van der Waals surface area contributed by atoms with Gasteiger partial charge in [-0.25, -0.2) is 0 Å². The molecule has 1 unspecified atom stereocenters. The lowest BCUT2D eigenvalue weighted by Crippen LogP contribution is -2.29. The second-order valence-corrected chi connectivity index (χ2v) is 2.99. The zero-order chi connectivity index (χ0) is 7.23. The van der Waals surface area contributed by atoms with Gasteiger partial charge in [0.25, 0.3) is 0 Å². The van der Waals surface area contributed by atoms with Crippen molar-refractivity contribution in [1.82, 2.24) is 5.32 Å². The first-order valence-electron chi connectivity index (χ1n) is 3.89. The molecular formula is C8H15Cl2N. The summed E-state index contributed by atoms with van der Waals surface area (Å²) in [6.07, 6.45) is 8.33. The summed E-state index contributed by atoms with van der Waals surface area (Å²) in [4.78, 5) is 0. The summed E-state index contributed by atoms with van der Waals surface area (Å²) in [5.74, 6) is 0.713. The fraction of sp³-hybridized carbons (Fsp3) is 0.750. The van der Waals surface area contributed by atoms with E-state index in [0.717, 1.165) is 6.54 Å². The van der Waals surface area contributed by atoms with E-state index in [1.807, 2.05) is 0 Å². The Kier molecular flexibility index (Phi) is 7.13. The summed E-state index contributed by atoms with van der Waals surface area (Å²) < 4.78 is 0. The van der Waals surface area contributed by atoms with Crippen molar-refractivity contribution in [2.75, 3.05) is 12.4 Å². The first-order chi connectivity index (χ1) is 4.93. The Labute approximate surface area is 79.6 Å². The van der Waals surface area contributed by atoms with E-state index >= 15 is 0 Å². The Balaban J connectivity index is 0.000001000. The van der Waals surface area contributed by atoms with Crippen LogP contribution in [0.25, 0.3) is 0 Å².